The summed E-state index contributed by atoms with van der Waals surface area (Å²) in [7, 11) is 4.08. The Morgan fingerprint density at radius 2 is 2.12 bits per heavy atom. The second-order valence-electron chi connectivity index (χ2n) is 6.83. The zero-order valence-corrected chi connectivity index (χ0v) is 15.2. The van der Waals surface area contributed by atoms with Crippen LogP contribution in [0, 0.1) is 6.92 Å². The van der Waals surface area contributed by atoms with Crippen LogP contribution in [0.2, 0.25) is 0 Å². The van der Waals surface area contributed by atoms with E-state index in [1.807, 2.05) is 60.9 Å². The van der Waals surface area contributed by atoms with Gasteiger partial charge in [-0.3, -0.25) is 9.48 Å². The lowest BCUT2D eigenvalue weighted by atomic mass is 10.1. The van der Waals surface area contributed by atoms with Gasteiger partial charge in [0.2, 0.25) is 0 Å². The second kappa shape index (κ2) is 7.70. The van der Waals surface area contributed by atoms with Gasteiger partial charge in [-0.05, 0) is 45.1 Å². The van der Waals surface area contributed by atoms with Crippen LogP contribution in [0.3, 0.4) is 0 Å². The first-order valence-corrected chi connectivity index (χ1v) is 8.68. The third kappa shape index (κ3) is 4.20. The van der Waals surface area contributed by atoms with Crippen LogP contribution in [0.25, 0.3) is 0 Å². The van der Waals surface area contributed by atoms with E-state index < -0.39 is 0 Å². The van der Waals surface area contributed by atoms with Crippen LogP contribution < -0.4 is 4.74 Å². The molecule has 0 unspecified atom stereocenters. The number of rotatable bonds is 5. The highest BCUT2D eigenvalue weighted by Gasteiger charge is 2.28. The summed E-state index contributed by atoms with van der Waals surface area (Å²) >= 11 is 0. The molecule has 134 valence electrons. The van der Waals surface area contributed by atoms with Crippen LogP contribution in [0.5, 0.6) is 5.75 Å². The lowest BCUT2D eigenvalue weighted by Gasteiger charge is -2.31. The fraction of sp³-hybridized carbons (Fsp3) is 0.474. The van der Waals surface area contributed by atoms with E-state index in [1.165, 1.54) is 0 Å². The van der Waals surface area contributed by atoms with Crippen molar-refractivity contribution in [3.05, 3.63) is 47.8 Å². The Hall–Kier alpha value is -2.34. The van der Waals surface area contributed by atoms with Gasteiger partial charge in [-0.2, -0.15) is 5.10 Å². The molecule has 2 heterocycles. The average Bonchev–Trinajstić information content (AvgIpc) is 2.95. The Morgan fingerprint density at radius 3 is 2.88 bits per heavy atom. The van der Waals surface area contributed by atoms with E-state index in [4.69, 9.17) is 4.74 Å². The van der Waals surface area contributed by atoms with Crippen LogP contribution >= 0.6 is 0 Å². The molecule has 0 fully saturated rings. The number of fused-ring (bicyclic) bond motifs is 1. The molecule has 0 saturated carbocycles. The van der Waals surface area contributed by atoms with Crippen molar-refractivity contribution < 1.29 is 9.53 Å². The maximum atomic E-state index is 12.9. The molecule has 1 amide bonds. The van der Waals surface area contributed by atoms with Gasteiger partial charge in [-0.15, -0.1) is 0 Å². The highest BCUT2D eigenvalue weighted by molar-refractivity contribution is 5.78. The van der Waals surface area contributed by atoms with Crippen LogP contribution in [-0.2, 0) is 17.9 Å². The van der Waals surface area contributed by atoms with Crippen LogP contribution in [-0.4, -0.2) is 58.8 Å². The van der Waals surface area contributed by atoms with Crippen molar-refractivity contribution in [2.75, 3.05) is 27.2 Å². The molecular weight excluding hydrogens is 316 g/mol. The summed E-state index contributed by atoms with van der Waals surface area (Å²) in [6, 6.07) is 9.92. The quantitative estimate of drug-likeness (QED) is 0.833. The monoisotopic (exact) mass is 342 g/mol. The topological polar surface area (TPSA) is 50.6 Å². The molecule has 1 aliphatic heterocycles. The van der Waals surface area contributed by atoms with E-state index in [9.17, 15) is 4.79 Å². The number of aryl methyl sites for hydroxylation is 2. The van der Waals surface area contributed by atoms with Crippen LogP contribution in [0.4, 0.5) is 0 Å². The van der Waals surface area contributed by atoms with Crippen molar-refractivity contribution in [1.29, 1.82) is 0 Å². The minimum absolute atomic E-state index is 0.0183. The summed E-state index contributed by atoms with van der Waals surface area (Å²) in [6.07, 6.45) is 2.69. The predicted molar refractivity (Wildman–Crippen MR) is 96.4 cm³/mol. The van der Waals surface area contributed by atoms with Gasteiger partial charge in [0.05, 0.1) is 12.2 Å². The Kier molecular flexibility index (Phi) is 5.38. The number of para-hydroxylation sites is 1. The molecule has 0 saturated heterocycles. The third-order valence-electron chi connectivity index (χ3n) is 4.59. The molecule has 0 aliphatic carbocycles. The molecule has 0 spiro atoms. The van der Waals surface area contributed by atoms with Crippen molar-refractivity contribution in [3.63, 3.8) is 0 Å². The highest BCUT2D eigenvalue weighted by Crippen LogP contribution is 2.20. The molecule has 1 aliphatic rings. The number of carbonyl (C=O) groups is 1. The number of aromatic nitrogens is 2. The van der Waals surface area contributed by atoms with Crippen molar-refractivity contribution in [2.45, 2.75) is 32.5 Å². The van der Waals surface area contributed by atoms with Crippen molar-refractivity contribution in [1.82, 2.24) is 19.6 Å². The molecule has 1 aromatic carbocycles. The first kappa shape index (κ1) is 17.5. The van der Waals surface area contributed by atoms with Gasteiger partial charge in [-0.25, -0.2) is 0 Å². The largest absolute Gasteiger partial charge is 0.484 e. The SMILES string of the molecule is Cc1ccccc1OCC(=O)N1Cc2ccnn2CC[C@@H]1CN(C)C. The number of amides is 1. The minimum Gasteiger partial charge on any atom is -0.484 e. The normalized spacial score (nSPS) is 17.3. The molecule has 1 atom stereocenters. The molecular formula is C19H26N4O2. The Labute approximate surface area is 149 Å². The van der Waals surface area contributed by atoms with Gasteiger partial charge < -0.3 is 14.5 Å². The van der Waals surface area contributed by atoms with Crippen molar-refractivity contribution >= 4 is 5.91 Å². The molecule has 0 bridgehead atoms. The van der Waals surface area contributed by atoms with Gasteiger partial charge in [-0.1, -0.05) is 18.2 Å². The molecule has 0 radical (unpaired) electrons. The zero-order chi connectivity index (χ0) is 17.8. The Balaban J connectivity index is 1.73. The van der Waals surface area contributed by atoms with E-state index in [-0.39, 0.29) is 18.6 Å². The highest BCUT2D eigenvalue weighted by atomic mass is 16.5. The minimum atomic E-state index is 0.0183. The number of likely N-dealkylation sites (N-methyl/N-ethyl adjacent to an activating group) is 1. The number of hydrogen-bond acceptors (Lipinski definition) is 4. The first-order valence-electron chi connectivity index (χ1n) is 8.68. The molecule has 0 N–H and O–H groups in total. The number of hydrogen-bond donors (Lipinski definition) is 0. The third-order valence-corrected chi connectivity index (χ3v) is 4.59. The number of nitrogens with zero attached hydrogens (tertiary/aromatic N) is 4. The Morgan fingerprint density at radius 1 is 1.32 bits per heavy atom. The summed E-state index contributed by atoms with van der Waals surface area (Å²) < 4.78 is 7.79. The summed E-state index contributed by atoms with van der Waals surface area (Å²) in [5.41, 5.74) is 2.11. The molecule has 6 heteroatoms. The predicted octanol–water partition coefficient (Wildman–Crippen LogP) is 1.93. The fourth-order valence-electron chi connectivity index (χ4n) is 3.27. The standard InChI is InChI=1S/C19H26N4O2/c1-15-6-4-5-7-18(15)25-14-19(24)22-13-17-8-10-20-23(17)11-9-16(22)12-21(2)3/h4-8,10,16H,9,11-14H2,1-3H3/t16-/m1/s1. The fourth-order valence-corrected chi connectivity index (χ4v) is 3.27. The first-order chi connectivity index (χ1) is 12.0. The van der Waals surface area contributed by atoms with Gasteiger partial charge in [0.15, 0.2) is 6.61 Å². The molecule has 25 heavy (non-hydrogen) atoms. The molecule has 3 rings (SSSR count). The number of ether oxygens (including phenoxy) is 1. The van der Waals surface area contributed by atoms with Crippen molar-refractivity contribution in [3.8, 4) is 5.75 Å². The summed E-state index contributed by atoms with van der Waals surface area (Å²) in [6.45, 7) is 4.29. The van der Waals surface area contributed by atoms with E-state index in [2.05, 4.69) is 10.00 Å². The van der Waals surface area contributed by atoms with Gasteiger partial charge in [0.25, 0.3) is 5.91 Å². The number of benzene rings is 1. The number of carbonyl (C=O) groups excluding carboxylic acids is 1. The van der Waals surface area contributed by atoms with Gasteiger partial charge >= 0.3 is 0 Å². The molecule has 2 aromatic rings. The van der Waals surface area contributed by atoms with Gasteiger partial charge in [0.1, 0.15) is 5.75 Å². The van der Waals surface area contributed by atoms with Crippen LogP contribution in [0.15, 0.2) is 36.5 Å². The maximum Gasteiger partial charge on any atom is 0.261 e. The maximum absolute atomic E-state index is 12.9. The lowest BCUT2D eigenvalue weighted by Crippen LogP contribution is -2.46. The lowest BCUT2D eigenvalue weighted by molar-refractivity contribution is -0.136. The molecule has 1 aromatic heterocycles. The molecule has 6 nitrogen and oxygen atoms in total. The summed E-state index contributed by atoms with van der Waals surface area (Å²) in [4.78, 5) is 17.0. The van der Waals surface area contributed by atoms with E-state index in [0.29, 0.717) is 6.54 Å². The van der Waals surface area contributed by atoms with E-state index in [0.717, 1.165) is 36.5 Å². The Bertz CT molecular complexity index is 726. The van der Waals surface area contributed by atoms with E-state index >= 15 is 0 Å². The van der Waals surface area contributed by atoms with Crippen molar-refractivity contribution in [2.24, 2.45) is 0 Å². The van der Waals surface area contributed by atoms with Gasteiger partial charge in [0, 0.05) is 25.3 Å². The second-order valence-corrected chi connectivity index (χ2v) is 6.83. The zero-order valence-electron chi connectivity index (χ0n) is 15.2. The summed E-state index contributed by atoms with van der Waals surface area (Å²) in [5, 5.41) is 4.36. The summed E-state index contributed by atoms with van der Waals surface area (Å²) in [5.74, 6) is 0.782. The average molecular weight is 342 g/mol. The smallest absolute Gasteiger partial charge is 0.261 e. The van der Waals surface area contributed by atoms with Crippen LogP contribution in [0.1, 0.15) is 17.7 Å². The van der Waals surface area contributed by atoms with E-state index in [1.54, 1.807) is 6.20 Å².